The van der Waals surface area contributed by atoms with Crippen LogP contribution in [0.5, 0.6) is 0 Å². The van der Waals surface area contributed by atoms with Crippen molar-refractivity contribution in [1.82, 2.24) is 5.32 Å². The van der Waals surface area contributed by atoms with Gasteiger partial charge in [-0.1, -0.05) is 25.4 Å². The van der Waals surface area contributed by atoms with E-state index in [2.05, 4.69) is 19.2 Å². The molecule has 1 N–H and O–H groups in total. The second-order valence-corrected chi connectivity index (χ2v) is 2.94. The minimum absolute atomic E-state index is 0.481. The summed E-state index contributed by atoms with van der Waals surface area (Å²) >= 11 is 6.00. The first-order chi connectivity index (χ1) is 4.63. The van der Waals surface area contributed by atoms with E-state index in [0.29, 0.717) is 5.92 Å². The van der Waals surface area contributed by atoms with E-state index < -0.39 is 0 Å². The van der Waals surface area contributed by atoms with Crippen LogP contribution in [0, 0.1) is 5.92 Å². The molecule has 60 valence electrons. The number of nitrogens with one attached hydrogen (secondary N) is 1. The van der Waals surface area contributed by atoms with Crippen molar-refractivity contribution in [3.05, 3.63) is 10.7 Å². The average Bonchev–Trinajstić information content (AvgIpc) is 2.00. The van der Waals surface area contributed by atoms with Crippen molar-refractivity contribution >= 4 is 11.6 Å². The predicted molar refractivity (Wildman–Crippen MR) is 47.1 cm³/mol. The van der Waals surface area contributed by atoms with Gasteiger partial charge >= 0.3 is 0 Å². The summed E-state index contributed by atoms with van der Waals surface area (Å²) in [7, 11) is 1.89. The monoisotopic (exact) mass is 161 g/mol. The predicted octanol–water partition coefficient (Wildman–Crippen LogP) is 2.72. The lowest BCUT2D eigenvalue weighted by Crippen LogP contribution is -2.07. The fraction of sp³-hybridized carbons (Fsp3) is 0.750. The molecule has 0 aliphatic carbocycles. The molecule has 0 bridgehead atoms. The van der Waals surface area contributed by atoms with Gasteiger partial charge in [0, 0.05) is 17.8 Å². The molecule has 0 saturated heterocycles. The lowest BCUT2D eigenvalue weighted by Gasteiger charge is -2.10. The molecule has 0 amide bonds. The molecule has 0 saturated carbocycles. The maximum atomic E-state index is 6.00. The third kappa shape index (κ3) is 2.61. The van der Waals surface area contributed by atoms with E-state index in [1.54, 1.807) is 0 Å². The molecule has 1 nitrogen and oxygen atoms in total. The Bertz CT molecular complexity index is 129. The van der Waals surface area contributed by atoms with Crippen molar-refractivity contribution in [3.63, 3.8) is 0 Å². The van der Waals surface area contributed by atoms with E-state index in [4.69, 9.17) is 11.6 Å². The Balaban J connectivity index is 4.15. The highest BCUT2D eigenvalue weighted by molar-refractivity contribution is 6.30. The van der Waals surface area contributed by atoms with E-state index in [1.165, 1.54) is 0 Å². The van der Waals surface area contributed by atoms with Crippen LogP contribution in [0.25, 0.3) is 0 Å². The van der Waals surface area contributed by atoms with Gasteiger partial charge in [0.25, 0.3) is 0 Å². The number of hydrogen-bond donors (Lipinski definition) is 1. The van der Waals surface area contributed by atoms with Gasteiger partial charge in [0.05, 0.1) is 0 Å². The van der Waals surface area contributed by atoms with Crippen LogP contribution in [0.1, 0.15) is 27.2 Å². The molecule has 0 fully saturated rings. The van der Waals surface area contributed by atoms with Crippen molar-refractivity contribution in [1.29, 1.82) is 0 Å². The van der Waals surface area contributed by atoms with Crippen LogP contribution in [0.4, 0.5) is 0 Å². The summed E-state index contributed by atoms with van der Waals surface area (Å²) in [6, 6.07) is 0. The molecule has 0 aromatic heterocycles. The molecular formula is C8H16ClN. The summed E-state index contributed by atoms with van der Waals surface area (Å²) < 4.78 is 0. The summed E-state index contributed by atoms with van der Waals surface area (Å²) in [6.07, 6.45) is 1.10. The molecule has 0 radical (unpaired) electrons. The second kappa shape index (κ2) is 4.62. The summed E-state index contributed by atoms with van der Waals surface area (Å²) in [5.74, 6) is 0.481. The summed E-state index contributed by atoms with van der Waals surface area (Å²) in [6.45, 7) is 6.26. The standard InChI is InChI=1S/C8H16ClN/c1-5-6(2)8(9)7(3)10-4/h6,10H,5H2,1-4H3/b8-7+. The smallest absolute Gasteiger partial charge is 0.0395 e. The Morgan fingerprint density at radius 1 is 1.60 bits per heavy atom. The Morgan fingerprint density at radius 2 is 2.10 bits per heavy atom. The Hall–Kier alpha value is -0.170. The van der Waals surface area contributed by atoms with Gasteiger partial charge in [-0.05, 0) is 19.3 Å². The van der Waals surface area contributed by atoms with Gasteiger partial charge < -0.3 is 5.32 Å². The molecular weight excluding hydrogens is 146 g/mol. The van der Waals surface area contributed by atoms with Crippen molar-refractivity contribution in [3.8, 4) is 0 Å². The van der Waals surface area contributed by atoms with Crippen LogP contribution in [-0.2, 0) is 0 Å². The number of allylic oxidation sites excluding steroid dienone is 2. The van der Waals surface area contributed by atoms with Gasteiger partial charge in [-0.15, -0.1) is 0 Å². The molecule has 0 aliphatic heterocycles. The summed E-state index contributed by atoms with van der Waals surface area (Å²) in [4.78, 5) is 0. The summed E-state index contributed by atoms with van der Waals surface area (Å²) in [5.41, 5.74) is 1.08. The van der Waals surface area contributed by atoms with E-state index in [0.717, 1.165) is 17.2 Å². The highest BCUT2D eigenvalue weighted by Gasteiger charge is 2.05. The fourth-order valence-corrected chi connectivity index (χ4v) is 0.917. The first-order valence-corrected chi connectivity index (χ1v) is 4.05. The van der Waals surface area contributed by atoms with Crippen LogP contribution in [0.2, 0.25) is 0 Å². The molecule has 0 rings (SSSR count). The third-order valence-corrected chi connectivity index (χ3v) is 2.43. The number of hydrogen-bond acceptors (Lipinski definition) is 1. The van der Waals surface area contributed by atoms with Crippen molar-refractivity contribution in [2.75, 3.05) is 7.05 Å². The highest BCUT2D eigenvalue weighted by atomic mass is 35.5. The van der Waals surface area contributed by atoms with E-state index in [9.17, 15) is 0 Å². The van der Waals surface area contributed by atoms with Crippen LogP contribution in [0.15, 0.2) is 10.7 Å². The normalized spacial score (nSPS) is 16.1. The zero-order valence-electron chi connectivity index (χ0n) is 7.16. The van der Waals surface area contributed by atoms with Crippen LogP contribution in [-0.4, -0.2) is 7.05 Å². The minimum Gasteiger partial charge on any atom is -0.391 e. The van der Waals surface area contributed by atoms with Gasteiger partial charge in [-0.2, -0.15) is 0 Å². The molecule has 0 aromatic carbocycles. The van der Waals surface area contributed by atoms with Gasteiger partial charge in [-0.25, -0.2) is 0 Å². The maximum absolute atomic E-state index is 6.00. The van der Waals surface area contributed by atoms with Crippen molar-refractivity contribution in [2.24, 2.45) is 5.92 Å². The SMILES string of the molecule is CCC(C)/C(Cl)=C(/C)NC. The van der Waals surface area contributed by atoms with Crippen LogP contribution in [0.3, 0.4) is 0 Å². The molecule has 0 heterocycles. The molecule has 10 heavy (non-hydrogen) atoms. The average molecular weight is 162 g/mol. The van der Waals surface area contributed by atoms with Crippen LogP contribution >= 0.6 is 11.6 Å². The zero-order chi connectivity index (χ0) is 8.15. The maximum Gasteiger partial charge on any atom is 0.0395 e. The molecule has 0 aliphatic rings. The van der Waals surface area contributed by atoms with Gasteiger partial charge in [0.15, 0.2) is 0 Å². The highest BCUT2D eigenvalue weighted by Crippen LogP contribution is 2.20. The minimum atomic E-state index is 0.481. The largest absolute Gasteiger partial charge is 0.391 e. The molecule has 1 atom stereocenters. The number of halogens is 1. The Labute approximate surface area is 68.5 Å². The van der Waals surface area contributed by atoms with Crippen molar-refractivity contribution in [2.45, 2.75) is 27.2 Å². The Kier molecular flexibility index (Phi) is 4.54. The first-order valence-electron chi connectivity index (χ1n) is 3.67. The lowest BCUT2D eigenvalue weighted by molar-refractivity contribution is 0.671. The van der Waals surface area contributed by atoms with Crippen LogP contribution < -0.4 is 5.32 Å². The first kappa shape index (κ1) is 9.83. The second-order valence-electron chi connectivity index (χ2n) is 2.53. The molecule has 2 heteroatoms. The zero-order valence-corrected chi connectivity index (χ0v) is 7.92. The molecule has 0 spiro atoms. The number of rotatable bonds is 3. The summed E-state index contributed by atoms with van der Waals surface area (Å²) in [5, 5.41) is 3.98. The van der Waals surface area contributed by atoms with Gasteiger partial charge in [-0.3, -0.25) is 0 Å². The van der Waals surface area contributed by atoms with E-state index in [-0.39, 0.29) is 0 Å². The quantitative estimate of drug-likeness (QED) is 0.671. The molecule has 0 aromatic rings. The van der Waals surface area contributed by atoms with Gasteiger partial charge in [0.1, 0.15) is 0 Å². The third-order valence-electron chi connectivity index (χ3n) is 1.78. The van der Waals surface area contributed by atoms with Gasteiger partial charge in [0.2, 0.25) is 0 Å². The lowest BCUT2D eigenvalue weighted by atomic mass is 10.1. The molecule has 1 unspecified atom stereocenters. The van der Waals surface area contributed by atoms with Crippen molar-refractivity contribution < 1.29 is 0 Å². The topological polar surface area (TPSA) is 12.0 Å². The Morgan fingerprint density at radius 3 is 2.40 bits per heavy atom. The fourth-order valence-electron chi connectivity index (χ4n) is 0.668. The van der Waals surface area contributed by atoms with E-state index in [1.807, 2.05) is 14.0 Å². The van der Waals surface area contributed by atoms with E-state index >= 15 is 0 Å².